The van der Waals surface area contributed by atoms with Crippen molar-refractivity contribution in [1.82, 2.24) is 4.31 Å². The number of ether oxygens (including phenoxy) is 1. The number of carbonyl (C=O) groups is 2. The number of hydrogen-bond donors (Lipinski definition) is 0. The molecule has 0 bridgehead atoms. The van der Waals surface area contributed by atoms with Gasteiger partial charge in [0.1, 0.15) is 17.6 Å². The maximum absolute atomic E-state index is 13.7. The van der Waals surface area contributed by atoms with Crippen LogP contribution in [0.4, 0.5) is 10.1 Å². The molecule has 0 saturated carbocycles. The molecule has 0 aliphatic carbocycles. The molecule has 0 aromatic heterocycles. The second-order valence-corrected chi connectivity index (χ2v) is 10.4. The maximum Gasteiger partial charge on any atom is 0.252 e. The summed E-state index contributed by atoms with van der Waals surface area (Å²) in [5, 5.41) is 0. The molecule has 10 heteroatoms. The van der Waals surface area contributed by atoms with E-state index in [0.29, 0.717) is 17.0 Å². The first-order valence-corrected chi connectivity index (χ1v) is 12.5. The summed E-state index contributed by atoms with van der Waals surface area (Å²) in [6.07, 6.45) is -0.314. The van der Waals surface area contributed by atoms with Crippen molar-refractivity contribution in [1.29, 1.82) is 0 Å². The number of sulfonamides is 1. The standard InChI is InChI=1S/C24H20BrFN2O5S/c1-33-20-10-12-21(13-11-20)34(31,32)27(15-16-2-6-18(26)7-3-16)22-14-23(29)28(24(22)30)19-8-4-17(25)5-9-19/h2-13,22H,14-15H2,1H3. The molecule has 1 aliphatic rings. The zero-order valence-corrected chi connectivity index (χ0v) is 20.4. The van der Waals surface area contributed by atoms with E-state index in [0.717, 1.165) is 13.7 Å². The Morgan fingerprint density at radius 2 is 1.62 bits per heavy atom. The fraction of sp³-hybridized carbons (Fsp3) is 0.167. The zero-order valence-electron chi connectivity index (χ0n) is 18.0. The molecule has 0 spiro atoms. The number of rotatable bonds is 7. The van der Waals surface area contributed by atoms with Gasteiger partial charge in [0, 0.05) is 11.0 Å². The summed E-state index contributed by atoms with van der Waals surface area (Å²) in [5.41, 5.74) is 0.824. The Labute approximate surface area is 204 Å². The number of amides is 2. The lowest BCUT2D eigenvalue weighted by Crippen LogP contribution is -2.45. The predicted octanol–water partition coefficient (Wildman–Crippen LogP) is 4.12. The average Bonchev–Trinajstić information content (AvgIpc) is 3.12. The molecular weight excluding hydrogens is 527 g/mol. The van der Waals surface area contributed by atoms with Gasteiger partial charge < -0.3 is 4.74 Å². The molecule has 3 aromatic carbocycles. The highest BCUT2D eigenvalue weighted by molar-refractivity contribution is 9.10. The number of methoxy groups -OCH3 is 1. The third-order valence-corrected chi connectivity index (χ3v) is 7.87. The Balaban J connectivity index is 1.74. The van der Waals surface area contributed by atoms with Gasteiger partial charge in [-0.05, 0) is 66.2 Å². The molecule has 1 saturated heterocycles. The number of nitrogens with zero attached hydrogens (tertiary/aromatic N) is 2. The SMILES string of the molecule is COc1ccc(S(=O)(=O)N(Cc2ccc(F)cc2)C2CC(=O)N(c3ccc(Br)cc3)C2=O)cc1. The minimum absolute atomic E-state index is 0.0576. The number of halogens is 2. The highest BCUT2D eigenvalue weighted by Gasteiger charge is 2.47. The van der Waals surface area contributed by atoms with Crippen LogP contribution >= 0.6 is 15.9 Å². The predicted molar refractivity (Wildman–Crippen MR) is 127 cm³/mol. The second-order valence-electron chi connectivity index (χ2n) is 7.62. The van der Waals surface area contributed by atoms with Gasteiger partial charge in [-0.1, -0.05) is 28.1 Å². The van der Waals surface area contributed by atoms with Gasteiger partial charge in [-0.2, -0.15) is 4.31 Å². The van der Waals surface area contributed by atoms with Crippen molar-refractivity contribution in [2.45, 2.75) is 23.9 Å². The molecule has 1 fully saturated rings. The summed E-state index contributed by atoms with van der Waals surface area (Å²) in [6, 6.07) is 16.4. The average molecular weight is 547 g/mol. The van der Waals surface area contributed by atoms with Gasteiger partial charge in [0.25, 0.3) is 5.91 Å². The van der Waals surface area contributed by atoms with Crippen molar-refractivity contribution in [3.05, 3.63) is 88.6 Å². The smallest absolute Gasteiger partial charge is 0.252 e. The van der Waals surface area contributed by atoms with E-state index in [9.17, 15) is 22.4 Å². The Bertz CT molecular complexity index is 1310. The van der Waals surface area contributed by atoms with Crippen LogP contribution in [0.5, 0.6) is 5.75 Å². The van der Waals surface area contributed by atoms with Crippen molar-refractivity contribution >= 4 is 43.5 Å². The molecule has 1 atom stereocenters. The lowest BCUT2D eigenvalue weighted by atomic mass is 10.2. The molecule has 4 rings (SSSR count). The Hall–Kier alpha value is -3.08. The normalized spacial score (nSPS) is 16.4. The first-order chi connectivity index (χ1) is 16.2. The van der Waals surface area contributed by atoms with E-state index in [4.69, 9.17) is 4.74 Å². The van der Waals surface area contributed by atoms with E-state index < -0.39 is 33.7 Å². The van der Waals surface area contributed by atoms with E-state index in [2.05, 4.69) is 15.9 Å². The third kappa shape index (κ3) is 4.75. The molecule has 34 heavy (non-hydrogen) atoms. The number of imide groups is 1. The first-order valence-electron chi connectivity index (χ1n) is 10.2. The molecule has 2 amide bonds. The highest BCUT2D eigenvalue weighted by Crippen LogP contribution is 2.31. The van der Waals surface area contributed by atoms with Crippen molar-refractivity contribution in [3.8, 4) is 5.75 Å². The highest BCUT2D eigenvalue weighted by atomic mass is 79.9. The maximum atomic E-state index is 13.7. The third-order valence-electron chi connectivity index (χ3n) is 5.47. The van der Waals surface area contributed by atoms with E-state index in [1.807, 2.05) is 0 Å². The Kier molecular flexibility index (Phi) is 6.83. The van der Waals surface area contributed by atoms with Gasteiger partial charge >= 0.3 is 0 Å². The van der Waals surface area contributed by atoms with E-state index >= 15 is 0 Å². The molecular formula is C24H20BrFN2O5S. The molecule has 176 valence electrons. The van der Waals surface area contributed by atoms with Crippen LogP contribution in [0.15, 0.2) is 82.2 Å². The van der Waals surface area contributed by atoms with Crippen LogP contribution < -0.4 is 9.64 Å². The minimum atomic E-state index is -4.21. The Morgan fingerprint density at radius 1 is 1.00 bits per heavy atom. The number of anilines is 1. The van der Waals surface area contributed by atoms with Crippen LogP contribution in [-0.2, 0) is 26.2 Å². The van der Waals surface area contributed by atoms with Gasteiger partial charge in [0.15, 0.2) is 0 Å². The molecule has 1 unspecified atom stereocenters. The van der Waals surface area contributed by atoms with Gasteiger partial charge in [-0.15, -0.1) is 0 Å². The molecule has 0 radical (unpaired) electrons. The van der Waals surface area contributed by atoms with Crippen LogP contribution in [-0.4, -0.2) is 37.7 Å². The summed E-state index contributed by atoms with van der Waals surface area (Å²) >= 11 is 3.31. The van der Waals surface area contributed by atoms with Crippen LogP contribution in [0.3, 0.4) is 0 Å². The van der Waals surface area contributed by atoms with E-state index in [1.54, 1.807) is 24.3 Å². The number of benzene rings is 3. The fourth-order valence-corrected chi connectivity index (χ4v) is 5.55. The van der Waals surface area contributed by atoms with Crippen molar-refractivity contribution < 1.29 is 27.1 Å². The first kappa shape index (κ1) is 24.1. The van der Waals surface area contributed by atoms with Crippen molar-refractivity contribution in [2.75, 3.05) is 12.0 Å². The van der Waals surface area contributed by atoms with E-state index in [1.165, 1.54) is 55.6 Å². The second kappa shape index (κ2) is 9.65. The molecule has 1 aliphatic heterocycles. The summed E-state index contributed by atoms with van der Waals surface area (Å²) in [5.74, 6) is -1.16. The number of hydrogen-bond acceptors (Lipinski definition) is 5. The lowest BCUT2D eigenvalue weighted by Gasteiger charge is -2.27. The molecule has 0 N–H and O–H groups in total. The fourth-order valence-electron chi connectivity index (χ4n) is 3.72. The zero-order chi connectivity index (χ0) is 24.5. The summed E-state index contributed by atoms with van der Waals surface area (Å²) in [4.78, 5) is 27.1. The summed E-state index contributed by atoms with van der Waals surface area (Å²) in [7, 11) is -2.75. The van der Waals surface area contributed by atoms with Crippen LogP contribution in [0, 0.1) is 5.82 Å². The van der Waals surface area contributed by atoms with Gasteiger partial charge in [0.05, 0.1) is 24.1 Å². The topological polar surface area (TPSA) is 84.0 Å². The van der Waals surface area contributed by atoms with Crippen molar-refractivity contribution in [3.63, 3.8) is 0 Å². The largest absolute Gasteiger partial charge is 0.497 e. The van der Waals surface area contributed by atoms with Gasteiger partial charge in [0.2, 0.25) is 15.9 Å². The van der Waals surface area contributed by atoms with Gasteiger partial charge in [-0.3, -0.25) is 9.59 Å². The molecule has 3 aromatic rings. The van der Waals surface area contributed by atoms with Crippen LogP contribution in [0.1, 0.15) is 12.0 Å². The number of carbonyl (C=O) groups excluding carboxylic acids is 2. The van der Waals surface area contributed by atoms with Gasteiger partial charge in [-0.25, -0.2) is 17.7 Å². The quantitative estimate of drug-likeness (QED) is 0.416. The molecule has 7 nitrogen and oxygen atoms in total. The summed E-state index contributed by atoms with van der Waals surface area (Å²) < 4.78 is 47.6. The Morgan fingerprint density at radius 3 is 2.21 bits per heavy atom. The van der Waals surface area contributed by atoms with E-state index in [-0.39, 0.29) is 17.9 Å². The molecule has 1 heterocycles. The minimum Gasteiger partial charge on any atom is -0.497 e. The summed E-state index contributed by atoms with van der Waals surface area (Å²) in [6.45, 7) is -0.216. The monoisotopic (exact) mass is 546 g/mol. The van der Waals surface area contributed by atoms with Crippen LogP contribution in [0.2, 0.25) is 0 Å². The lowest BCUT2D eigenvalue weighted by molar-refractivity contribution is -0.122. The van der Waals surface area contributed by atoms with Crippen LogP contribution in [0.25, 0.3) is 0 Å². The van der Waals surface area contributed by atoms with Crippen molar-refractivity contribution in [2.24, 2.45) is 0 Å².